The van der Waals surface area contributed by atoms with Gasteiger partial charge in [-0.1, -0.05) is 135 Å². The summed E-state index contributed by atoms with van der Waals surface area (Å²) in [6.07, 6.45) is 0. The number of fused-ring (bicyclic) bond motifs is 15. The molecule has 0 atom stereocenters. The molecule has 1 aliphatic heterocycles. The number of aromatic nitrogens is 1. The van der Waals surface area contributed by atoms with Crippen LogP contribution in [0.2, 0.25) is 0 Å². The summed E-state index contributed by atoms with van der Waals surface area (Å²) in [6.45, 7) is 20.6. The molecule has 12 aromatic rings. The molecule has 5 heterocycles. The van der Waals surface area contributed by atoms with Crippen molar-refractivity contribution in [3.63, 3.8) is 0 Å². The Morgan fingerprint density at radius 2 is 1.12 bits per heavy atom. The first-order valence-corrected chi connectivity index (χ1v) is 24.1. The highest BCUT2D eigenvalue weighted by Crippen LogP contribution is 2.51. The minimum absolute atomic E-state index is 0.0212. The van der Waals surface area contributed by atoms with Crippen molar-refractivity contribution in [2.75, 3.05) is 5.32 Å². The van der Waals surface area contributed by atoms with Crippen molar-refractivity contribution in [3.8, 4) is 16.8 Å². The van der Waals surface area contributed by atoms with Crippen molar-refractivity contribution < 1.29 is 8.83 Å². The summed E-state index contributed by atoms with van der Waals surface area (Å²) in [5, 5.41) is 13.6. The van der Waals surface area contributed by atoms with E-state index in [4.69, 9.17) is 8.83 Å². The number of para-hydroxylation sites is 1. The van der Waals surface area contributed by atoms with E-state index in [0.29, 0.717) is 0 Å². The fraction of sp³-hybridized carbons (Fsp3) is 0.200. The first-order valence-electron chi connectivity index (χ1n) is 23.2. The summed E-state index contributed by atoms with van der Waals surface area (Å²) in [6, 6.07) is 49.6. The predicted octanol–water partition coefficient (Wildman–Crippen LogP) is 16.2. The van der Waals surface area contributed by atoms with Crippen LogP contribution in [-0.4, -0.2) is 11.8 Å². The standard InChI is InChI=1S/C60H50BN2O2S/c1-58(2,3)32-18-22-35(23-19-32)62-44-30-49-39(38-26-34(60(7,8)9)21-25-48(38)65-49)28-41(44)52-53-37-15-11-13-17-51(37)66-57(53)54-42-27-33(59(4,5)6)20-24-45(42)63-46-31-50-40(29-43(46)61-55(52)56(54)63)36-14-10-12-16-47(36)64-50/h10-31,62H,1-9H3. The Bertz CT molecular complexity index is 4040. The number of hydrogen-bond acceptors (Lipinski definition) is 4. The normalized spacial score (nSPS) is 13.3. The van der Waals surface area contributed by atoms with Gasteiger partial charge in [-0.3, -0.25) is 0 Å². The second-order valence-corrected chi connectivity index (χ2v) is 22.7. The van der Waals surface area contributed by atoms with Gasteiger partial charge in [0.2, 0.25) is 0 Å². The molecule has 66 heavy (non-hydrogen) atoms. The third kappa shape index (κ3) is 5.76. The van der Waals surface area contributed by atoms with E-state index in [1.165, 1.54) is 69.7 Å². The maximum absolute atomic E-state index is 6.79. The Morgan fingerprint density at radius 1 is 0.515 bits per heavy atom. The minimum atomic E-state index is -0.0311. The number of thiophene rings is 1. The van der Waals surface area contributed by atoms with Crippen LogP contribution in [0, 0.1) is 0 Å². The van der Waals surface area contributed by atoms with Crippen LogP contribution in [-0.2, 0) is 16.2 Å². The average Bonchev–Trinajstić information content (AvgIpc) is 4.04. The lowest BCUT2D eigenvalue weighted by atomic mass is 9.58. The predicted molar refractivity (Wildman–Crippen MR) is 285 cm³/mol. The number of hydrogen-bond donors (Lipinski definition) is 1. The topological polar surface area (TPSA) is 43.2 Å². The zero-order valence-corrected chi connectivity index (χ0v) is 39.8. The monoisotopic (exact) mass is 873 g/mol. The van der Waals surface area contributed by atoms with Gasteiger partial charge in [-0.2, -0.15) is 0 Å². The van der Waals surface area contributed by atoms with Crippen molar-refractivity contribution in [2.45, 2.75) is 78.6 Å². The summed E-state index contributed by atoms with van der Waals surface area (Å²) < 4.78 is 18.5. The number of nitrogens with zero attached hydrogens (tertiary/aromatic N) is 1. The molecule has 0 fully saturated rings. The lowest BCUT2D eigenvalue weighted by Crippen LogP contribution is -2.37. The molecule has 6 heteroatoms. The van der Waals surface area contributed by atoms with Gasteiger partial charge in [0.05, 0.1) is 16.7 Å². The van der Waals surface area contributed by atoms with E-state index >= 15 is 0 Å². The Hall–Kier alpha value is -6.76. The zero-order valence-electron chi connectivity index (χ0n) is 39.0. The van der Waals surface area contributed by atoms with Crippen molar-refractivity contribution in [1.82, 2.24) is 4.57 Å². The van der Waals surface area contributed by atoms with E-state index in [1.54, 1.807) is 0 Å². The van der Waals surface area contributed by atoms with Gasteiger partial charge in [0.25, 0.3) is 0 Å². The molecule has 0 saturated carbocycles. The molecule has 4 nitrogen and oxygen atoms in total. The maximum Gasteiger partial charge on any atom is 0.197 e. The molecule has 0 bridgehead atoms. The molecule has 1 aliphatic rings. The number of benzene rings is 8. The highest BCUT2D eigenvalue weighted by Gasteiger charge is 2.33. The van der Waals surface area contributed by atoms with Gasteiger partial charge < -0.3 is 18.7 Å². The molecular formula is C60H50BN2O2S. The van der Waals surface area contributed by atoms with Gasteiger partial charge in [-0.25, -0.2) is 0 Å². The third-order valence-corrected chi connectivity index (χ3v) is 15.5. The van der Waals surface area contributed by atoms with E-state index in [0.717, 1.165) is 72.0 Å². The number of furan rings is 2. The highest BCUT2D eigenvalue weighted by atomic mass is 32.1. The summed E-state index contributed by atoms with van der Waals surface area (Å²) in [4.78, 5) is 0. The Kier molecular flexibility index (Phi) is 8.05. The molecule has 0 aliphatic carbocycles. The Balaban J connectivity index is 1.20. The van der Waals surface area contributed by atoms with Crippen molar-refractivity contribution in [3.05, 3.63) is 150 Å². The van der Waals surface area contributed by atoms with Crippen molar-refractivity contribution in [2.24, 2.45) is 0 Å². The highest BCUT2D eigenvalue weighted by molar-refractivity contribution is 7.27. The third-order valence-electron chi connectivity index (χ3n) is 14.3. The van der Waals surface area contributed by atoms with Gasteiger partial charge in [0.1, 0.15) is 22.3 Å². The molecule has 0 saturated heterocycles. The molecule has 1 N–H and O–H groups in total. The van der Waals surface area contributed by atoms with Crippen LogP contribution >= 0.6 is 11.3 Å². The van der Waals surface area contributed by atoms with Crippen molar-refractivity contribution in [1.29, 1.82) is 0 Å². The van der Waals surface area contributed by atoms with Crippen LogP contribution in [0.5, 0.6) is 0 Å². The lowest BCUT2D eigenvalue weighted by Gasteiger charge is -2.25. The molecule has 13 rings (SSSR count). The molecule has 4 aromatic heterocycles. The van der Waals surface area contributed by atoms with E-state index < -0.39 is 0 Å². The van der Waals surface area contributed by atoms with Crippen LogP contribution in [0.4, 0.5) is 11.4 Å². The zero-order chi connectivity index (χ0) is 45.2. The fourth-order valence-corrected chi connectivity index (χ4v) is 12.0. The number of rotatable bonds is 3. The first-order chi connectivity index (χ1) is 31.6. The summed E-state index contributed by atoms with van der Waals surface area (Å²) >= 11 is 1.91. The fourth-order valence-electron chi connectivity index (χ4n) is 10.7. The summed E-state index contributed by atoms with van der Waals surface area (Å²) in [5.74, 6) is 0. The molecule has 0 unspecified atom stereocenters. The van der Waals surface area contributed by atoms with Gasteiger partial charge in [-0.15, -0.1) is 11.3 Å². The van der Waals surface area contributed by atoms with E-state index in [2.05, 4.69) is 213 Å². The van der Waals surface area contributed by atoms with Crippen LogP contribution < -0.4 is 16.2 Å². The van der Waals surface area contributed by atoms with E-state index in [-0.39, 0.29) is 16.2 Å². The molecule has 321 valence electrons. The summed E-state index contributed by atoms with van der Waals surface area (Å²) in [7, 11) is 2.47. The number of nitrogens with one attached hydrogen (secondary N) is 1. The van der Waals surface area contributed by atoms with Crippen LogP contribution in [0.15, 0.2) is 142 Å². The van der Waals surface area contributed by atoms with Gasteiger partial charge >= 0.3 is 0 Å². The van der Waals surface area contributed by atoms with Crippen molar-refractivity contribution >= 4 is 127 Å². The minimum Gasteiger partial charge on any atom is -0.456 e. The van der Waals surface area contributed by atoms with Gasteiger partial charge in [0.15, 0.2) is 7.28 Å². The lowest BCUT2D eigenvalue weighted by molar-refractivity contribution is 0.590. The molecular weight excluding hydrogens is 824 g/mol. The largest absolute Gasteiger partial charge is 0.456 e. The van der Waals surface area contributed by atoms with E-state index in [1.807, 2.05) is 11.3 Å². The molecule has 0 amide bonds. The average molecular weight is 874 g/mol. The SMILES string of the molecule is CC(C)(C)c1ccc(Nc2cc3oc4ccc(C(C)(C)C)cc4c3cc2-c2c3c4c(c5cc(C(C)(C)C)ccc5n4-c4cc5oc6ccccc6c5cc4[B]3)c3sc4ccccc4c23)cc1. The van der Waals surface area contributed by atoms with Crippen LogP contribution in [0.1, 0.15) is 79.0 Å². The first kappa shape index (κ1) is 39.6. The van der Waals surface area contributed by atoms with Gasteiger partial charge in [-0.05, 0) is 98.6 Å². The smallest absolute Gasteiger partial charge is 0.197 e. The van der Waals surface area contributed by atoms with Crippen LogP contribution in [0.3, 0.4) is 0 Å². The second-order valence-electron chi connectivity index (χ2n) is 21.7. The maximum atomic E-state index is 6.79. The second kappa shape index (κ2) is 13.4. The number of anilines is 2. The molecule has 0 spiro atoms. The molecule has 8 aromatic carbocycles. The van der Waals surface area contributed by atoms with Gasteiger partial charge in [0, 0.05) is 81.6 Å². The quantitative estimate of drug-likeness (QED) is 0.180. The summed E-state index contributed by atoms with van der Waals surface area (Å²) in [5.41, 5.74) is 17.8. The Morgan fingerprint density at radius 3 is 1.86 bits per heavy atom. The van der Waals surface area contributed by atoms with Crippen LogP contribution in [0.25, 0.3) is 103 Å². The van der Waals surface area contributed by atoms with E-state index in [9.17, 15) is 0 Å². The Labute approximate surface area is 389 Å². The molecule has 1 radical (unpaired) electrons.